The highest BCUT2D eigenvalue weighted by molar-refractivity contribution is 6.30. The molecular formula is C15H21ClO. The molecule has 1 saturated carbocycles. The molecule has 1 unspecified atom stereocenters. The number of aliphatic hydroxyl groups excluding tert-OH is 1. The molecule has 1 nitrogen and oxygen atoms in total. The minimum Gasteiger partial charge on any atom is -0.388 e. The number of aliphatic hydroxyl groups is 1. The van der Waals surface area contributed by atoms with E-state index in [0.29, 0.717) is 5.92 Å². The first-order valence-electron chi connectivity index (χ1n) is 6.62. The Morgan fingerprint density at radius 1 is 1.18 bits per heavy atom. The number of hydrogen-bond donors (Lipinski definition) is 1. The molecule has 94 valence electrons. The summed E-state index contributed by atoms with van der Waals surface area (Å²) in [5, 5.41) is 11.2. The van der Waals surface area contributed by atoms with Gasteiger partial charge in [-0.3, -0.25) is 0 Å². The summed E-state index contributed by atoms with van der Waals surface area (Å²) in [5.74, 6) is 0.428. The van der Waals surface area contributed by atoms with E-state index in [9.17, 15) is 5.11 Å². The van der Waals surface area contributed by atoms with Gasteiger partial charge in [0, 0.05) is 5.02 Å². The van der Waals surface area contributed by atoms with Crippen molar-refractivity contribution in [3.8, 4) is 0 Å². The Morgan fingerprint density at radius 3 is 2.41 bits per heavy atom. The van der Waals surface area contributed by atoms with E-state index in [0.717, 1.165) is 29.0 Å². The van der Waals surface area contributed by atoms with Crippen LogP contribution in [0.2, 0.25) is 5.02 Å². The third-order valence-electron chi connectivity index (χ3n) is 3.90. The van der Waals surface area contributed by atoms with Crippen LogP contribution in [-0.2, 0) is 0 Å². The molecule has 17 heavy (non-hydrogen) atoms. The van der Waals surface area contributed by atoms with Gasteiger partial charge in [0.05, 0.1) is 6.10 Å². The third-order valence-corrected chi connectivity index (χ3v) is 4.13. The van der Waals surface area contributed by atoms with Crippen LogP contribution in [0, 0.1) is 12.8 Å². The molecule has 0 radical (unpaired) electrons. The minimum atomic E-state index is -0.314. The molecule has 1 fully saturated rings. The molecule has 0 aromatic heterocycles. The second-order valence-electron chi connectivity index (χ2n) is 5.20. The second-order valence-corrected chi connectivity index (χ2v) is 5.63. The fourth-order valence-electron chi connectivity index (χ4n) is 2.85. The summed E-state index contributed by atoms with van der Waals surface area (Å²) in [6.45, 7) is 2.03. The van der Waals surface area contributed by atoms with Gasteiger partial charge in [-0.2, -0.15) is 0 Å². The maximum atomic E-state index is 10.5. The van der Waals surface area contributed by atoms with E-state index >= 15 is 0 Å². The van der Waals surface area contributed by atoms with Crippen LogP contribution in [0.15, 0.2) is 18.2 Å². The molecule has 0 heterocycles. The number of halogens is 1. The first-order chi connectivity index (χ1) is 8.18. The van der Waals surface area contributed by atoms with Crippen molar-refractivity contribution in [2.45, 2.75) is 51.6 Å². The van der Waals surface area contributed by atoms with Gasteiger partial charge in [0.1, 0.15) is 0 Å². The molecule has 2 heteroatoms. The minimum absolute atomic E-state index is 0.314. The van der Waals surface area contributed by atoms with Gasteiger partial charge in [-0.25, -0.2) is 0 Å². The first-order valence-corrected chi connectivity index (χ1v) is 7.00. The summed E-state index contributed by atoms with van der Waals surface area (Å²) in [6.07, 6.45) is 7.16. The zero-order chi connectivity index (χ0) is 12.3. The lowest BCUT2D eigenvalue weighted by Crippen LogP contribution is -2.13. The van der Waals surface area contributed by atoms with Crippen molar-refractivity contribution in [1.82, 2.24) is 0 Å². The van der Waals surface area contributed by atoms with E-state index in [1.807, 2.05) is 25.1 Å². The van der Waals surface area contributed by atoms with Gasteiger partial charge < -0.3 is 5.11 Å². The lowest BCUT2D eigenvalue weighted by molar-refractivity contribution is 0.0982. The number of hydrogen-bond acceptors (Lipinski definition) is 1. The normalized spacial score (nSPS) is 19.9. The van der Waals surface area contributed by atoms with Crippen LogP contribution in [0.3, 0.4) is 0 Å². The molecule has 1 aliphatic rings. The molecule has 1 aromatic rings. The van der Waals surface area contributed by atoms with Crippen molar-refractivity contribution >= 4 is 11.6 Å². The predicted molar refractivity (Wildman–Crippen MR) is 72.3 cm³/mol. The summed E-state index contributed by atoms with van der Waals surface area (Å²) in [7, 11) is 0. The van der Waals surface area contributed by atoms with Gasteiger partial charge in [0.2, 0.25) is 0 Å². The first kappa shape index (κ1) is 12.9. The van der Waals surface area contributed by atoms with Crippen LogP contribution >= 0.6 is 11.6 Å². The van der Waals surface area contributed by atoms with E-state index < -0.39 is 0 Å². The van der Waals surface area contributed by atoms with Gasteiger partial charge in [0.15, 0.2) is 0 Å². The van der Waals surface area contributed by atoms with Crippen molar-refractivity contribution in [1.29, 1.82) is 0 Å². The van der Waals surface area contributed by atoms with Gasteiger partial charge >= 0.3 is 0 Å². The van der Waals surface area contributed by atoms with Crippen molar-refractivity contribution in [3.63, 3.8) is 0 Å². The largest absolute Gasteiger partial charge is 0.388 e. The van der Waals surface area contributed by atoms with Crippen LogP contribution in [0.1, 0.15) is 55.8 Å². The SMILES string of the molecule is Cc1cc(Cl)ccc1C(O)C1CCCCCC1. The van der Waals surface area contributed by atoms with Crippen LogP contribution in [0.25, 0.3) is 0 Å². The standard InChI is InChI=1S/C15H21ClO/c1-11-10-13(16)8-9-14(11)15(17)12-6-4-2-3-5-7-12/h8-10,12,15,17H,2-7H2,1H3. The Morgan fingerprint density at radius 2 is 1.82 bits per heavy atom. The van der Waals surface area contributed by atoms with Crippen molar-refractivity contribution in [3.05, 3.63) is 34.3 Å². The highest BCUT2D eigenvalue weighted by Gasteiger charge is 2.23. The highest BCUT2D eigenvalue weighted by Crippen LogP contribution is 2.35. The predicted octanol–water partition coefficient (Wildman–Crippen LogP) is 4.65. The van der Waals surface area contributed by atoms with Crippen molar-refractivity contribution in [2.24, 2.45) is 5.92 Å². The van der Waals surface area contributed by atoms with Gasteiger partial charge in [-0.1, -0.05) is 43.4 Å². The molecular weight excluding hydrogens is 232 g/mol. The van der Waals surface area contributed by atoms with E-state index in [4.69, 9.17) is 11.6 Å². The Hall–Kier alpha value is -0.530. The number of aryl methyl sites for hydroxylation is 1. The molecule has 2 rings (SSSR count). The molecule has 0 saturated heterocycles. The third kappa shape index (κ3) is 3.23. The van der Waals surface area contributed by atoms with Crippen molar-refractivity contribution < 1.29 is 5.11 Å². The monoisotopic (exact) mass is 252 g/mol. The van der Waals surface area contributed by atoms with E-state index in [1.165, 1.54) is 25.7 Å². The molecule has 1 atom stereocenters. The molecule has 1 aliphatic carbocycles. The van der Waals surface area contributed by atoms with Gasteiger partial charge in [-0.15, -0.1) is 0 Å². The topological polar surface area (TPSA) is 20.2 Å². The fraction of sp³-hybridized carbons (Fsp3) is 0.600. The van der Waals surface area contributed by atoms with Gasteiger partial charge in [-0.05, 0) is 48.9 Å². The molecule has 0 spiro atoms. The lowest BCUT2D eigenvalue weighted by atomic mass is 9.88. The average molecular weight is 253 g/mol. The molecule has 0 amide bonds. The Kier molecular flexibility index (Phi) is 4.47. The molecule has 1 aromatic carbocycles. The van der Waals surface area contributed by atoms with Crippen LogP contribution < -0.4 is 0 Å². The van der Waals surface area contributed by atoms with E-state index in [-0.39, 0.29) is 6.10 Å². The Balaban J connectivity index is 2.14. The highest BCUT2D eigenvalue weighted by atomic mass is 35.5. The van der Waals surface area contributed by atoms with Crippen molar-refractivity contribution in [2.75, 3.05) is 0 Å². The maximum absolute atomic E-state index is 10.5. The molecule has 0 bridgehead atoms. The van der Waals surface area contributed by atoms with Gasteiger partial charge in [0.25, 0.3) is 0 Å². The second kappa shape index (κ2) is 5.88. The van der Waals surface area contributed by atoms with E-state index in [2.05, 4.69) is 0 Å². The zero-order valence-electron chi connectivity index (χ0n) is 10.5. The Labute approximate surface area is 109 Å². The summed E-state index contributed by atoms with van der Waals surface area (Å²) in [4.78, 5) is 0. The fourth-order valence-corrected chi connectivity index (χ4v) is 3.08. The van der Waals surface area contributed by atoms with E-state index in [1.54, 1.807) is 0 Å². The van der Waals surface area contributed by atoms with Crippen LogP contribution in [-0.4, -0.2) is 5.11 Å². The summed E-state index contributed by atoms with van der Waals surface area (Å²) in [5.41, 5.74) is 2.16. The smallest absolute Gasteiger partial charge is 0.0820 e. The molecule has 0 aliphatic heterocycles. The number of benzene rings is 1. The average Bonchev–Trinajstić information content (AvgIpc) is 2.56. The maximum Gasteiger partial charge on any atom is 0.0820 e. The Bertz CT molecular complexity index is 367. The van der Waals surface area contributed by atoms with Crippen LogP contribution in [0.5, 0.6) is 0 Å². The summed E-state index contributed by atoms with van der Waals surface area (Å²) < 4.78 is 0. The lowest BCUT2D eigenvalue weighted by Gasteiger charge is -2.23. The zero-order valence-corrected chi connectivity index (χ0v) is 11.2. The number of rotatable bonds is 2. The summed E-state index contributed by atoms with van der Waals surface area (Å²) >= 11 is 5.95. The quantitative estimate of drug-likeness (QED) is 0.760. The van der Waals surface area contributed by atoms with Crippen LogP contribution in [0.4, 0.5) is 0 Å². The molecule has 1 N–H and O–H groups in total. The summed E-state index contributed by atoms with van der Waals surface area (Å²) in [6, 6.07) is 5.80.